The van der Waals surface area contributed by atoms with Crippen LogP contribution in [0.2, 0.25) is 5.02 Å². The normalized spacial score (nSPS) is 9.71. The van der Waals surface area contributed by atoms with Crippen molar-refractivity contribution in [1.29, 1.82) is 0 Å². The van der Waals surface area contributed by atoms with E-state index < -0.39 is 0 Å². The molecule has 1 aromatic heterocycles. The Balaban J connectivity index is 2.53. The highest BCUT2D eigenvalue weighted by atomic mass is 35.5. The van der Waals surface area contributed by atoms with Gasteiger partial charge in [0.2, 0.25) is 5.78 Å². The van der Waals surface area contributed by atoms with E-state index >= 15 is 0 Å². The second-order valence-corrected chi connectivity index (χ2v) is 3.78. The molecule has 0 bridgehead atoms. The van der Waals surface area contributed by atoms with Gasteiger partial charge in [-0.2, -0.15) is 4.99 Å². The Morgan fingerprint density at radius 2 is 2.35 bits per heavy atom. The SMILES string of the molecule is O=C(c1cnc[nH]1)c1cc(Cl)ccc1N=C=S. The molecule has 0 radical (unpaired) electrons. The van der Waals surface area contributed by atoms with Crippen LogP contribution in [0, 0.1) is 0 Å². The van der Waals surface area contributed by atoms with E-state index in [1.54, 1.807) is 12.1 Å². The number of aromatic amines is 1. The number of H-pyrrole nitrogens is 1. The third-order valence-corrected chi connectivity index (χ3v) is 2.44. The zero-order valence-corrected chi connectivity index (χ0v) is 10.0. The molecule has 0 amide bonds. The number of nitrogens with one attached hydrogen (secondary N) is 1. The number of rotatable bonds is 3. The van der Waals surface area contributed by atoms with Crippen molar-refractivity contribution in [2.75, 3.05) is 0 Å². The van der Waals surface area contributed by atoms with Gasteiger partial charge in [-0.3, -0.25) is 4.79 Å². The fraction of sp³-hybridized carbons (Fsp3) is 0. The van der Waals surface area contributed by atoms with Gasteiger partial charge in [-0.1, -0.05) is 11.6 Å². The molecule has 0 fully saturated rings. The number of halogens is 1. The molecule has 0 unspecified atom stereocenters. The Labute approximate surface area is 107 Å². The molecule has 2 rings (SSSR count). The number of aromatic nitrogens is 2. The lowest BCUT2D eigenvalue weighted by molar-refractivity contribution is 0.103. The minimum atomic E-state index is -0.242. The Kier molecular flexibility index (Phi) is 3.44. The Morgan fingerprint density at radius 1 is 1.53 bits per heavy atom. The maximum absolute atomic E-state index is 12.1. The molecule has 84 valence electrons. The average molecular weight is 264 g/mol. The number of nitrogens with zero attached hydrogens (tertiary/aromatic N) is 2. The van der Waals surface area contributed by atoms with Crippen LogP contribution in [0.1, 0.15) is 16.1 Å². The van der Waals surface area contributed by atoms with Crippen LogP contribution < -0.4 is 0 Å². The molecular weight excluding hydrogens is 258 g/mol. The molecule has 0 spiro atoms. The smallest absolute Gasteiger partial charge is 0.213 e. The van der Waals surface area contributed by atoms with Crippen LogP contribution in [-0.2, 0) is 0 Å². The van der Waals surface area contributed by atoms with E-state index in [1.165, 1.54) is 18.6 Å². The maximum atomic E-state index is 12.1. The number of hydrogen-bond donors (Lipinski definition) is 1. The summed E-state index contributed by atoms with van der Waals surface area (Å²) in [5.74, 6) is -0.242. The van der Waals surface area contributed by atoms with Crippen LogP contribution in [-0.4, -0.2) is 20.9 Å². The summed E-state index contributed by atoms with van der Waals surface area (Å²) in [5, 5.41) is 2.69. The molecular formula is C11H6ClN3OS. The molecule has 0 aliphatic heterocycles. The molecule has 0 aliphatic carbocycles. The van der Waals surface area contributed by atoms with E-state index in [0.717, 1.165) is 0 Å². The van der Waals surface area contributed by atoms with Crippen molar-refractivity contribution >= 4 is 40.5 Å². The molecule has 1 aromatic carbocycles. The number of imidazole rings is 1. The Bertz CT molecular complexity index is 603. The highest BCUT2D eigenvalue weighted by Gasteiger charge is 2.15. The zero-order valence-electron chi connectivity index (χ0n) is 8.48. The quantitative estimate of drug-likeness (QED) is 0.526. The van der Waals surface area contributed by atoms with Gasteiger partial charge in [0.1, 0.15) is 5.69 Å². The topological polar surface area (TPSA) is 58.1 Å². The van der Waals surface area contributed by atoms with Crippen LogP contribution in [0.25, 0.3) is 0 Å². The Hall–Kier alpha value is -1.81. The maximum Gasteiger partial charge on any atom is 0.213 e. The predicted octanol–water partition coefficient (Wildman–Crippen LogP) is 3.03. The predicted molar refractivity (Wildman–Crippen MR) is 68.2 cm³/mol. The zero-order chi connectivity index (χ0) is 12.3. The standard InChI is InChI=1S/C11H6ClN3OS/c12-7-1-2-9(15-6-17)8(3-7)11(16)10-4-13-5-14-10/h1-5H,(H,13,14). The summed E-state index contributed by atoms with van der Waals surface area (Å²) in [6.07, 6.45) is 2.87. The average Bonchev–Trinajstić information content (AvgIpc) is 2.84. The van der Waals surface area contributed by atoms with Gasteiger partial charge in [0, 0.05) is 5.02 Å². The summed E-state index contributed by atoms with van der Waals surface area (Å²) in [7, 11) is 0. The van der Waals surface area contributed by atoms with E-state index in [-0.39, 0.29) is 5.78 Å². The van der Waals surface area contributed by atoms with Gasteiger partial charge in [0.25, 0.3) is 0 Å². The largest absolute Gasteiger partial charge is 0.342 e. The van der Waals surface area contributed by atoms with Crippen LogP contribution in [0.4, 0.5) is 5.69 Å². The lowest BCUT2D eigenvalue weighted by Crippen LogP contribution is -2.02. The van der Waals surface area contributed by atoms with Crippen molar-refractivity contribution in [3.05, 3.63) is 47.0 Å². The summed E-state index contributed by atoms with van der Waals surface area (Å²) in [5.41, 5.74) is 1.16. The fourth-order valence-corrected chi connectivity index (χ4v) is 1.63. The molecule has 0 atom stereocenters. The molecule has 0 saturated carbocycles. The number of isothiocyanates is 1. The van der Waals surface area contributed by atoms with Crippen LogP contribution in [0.5, 0.6) is 0 Å². The van der Waals surface area contributed by atoms with Crippen molar-refractivity contribution in [2.24, 2.45) is 4.99 Å². The second kappa shape index (κ2) is 5.01. The molecule has 0 aliphatic rings. The molecule has 1 N–H and O–H groups in total. The molecule has 0 saturated heterocycles. The van der Waals surface area contributed by atoms with Crippen molar-refractivity contribution < 1.29 is 4.79 Å². The minimum absolute atomic E-state index is 0.242. The van der Waals surface area contributed by atoms with Crippen LogP contribution in [0.3, 0.4) is 0 Å². The Morgan fingerprint density at radius 3 is 3.00 bits per heavy atom. The number of carbonyl (C=O) groups is 1. The van der Waals surface area contributed by atoms with E-state index in [2.05, 4.69) is 32.3 Å². The number of thiocarbonyl (C=S) groups is 1. The molecule has 1 heterocycles. The molecule has 17 heavy (non-hydrogen) atoms. The summed E-state index contributed by atoms with van der Waals surface area (Å²) in [6, 6.07) is 4.79. The van der Waals surface area contributed by atoms with Gasteiger partial charge in [-0.25, -0.2) is 4.98 Å². The van der Waals surface area contributed by atoms with Crippen molar-refractivity contribution in [2.45, 2.75) is 0 Å². The number of ketones is 1. The van der Waals surface area contributed by atoms with Gasteiger partial charge < -0.3 is 4.98 Å². The third kappa shape index (κ3) is 2.47. The van der Waals surface area contributed by atoms with E-state index in [9.17, 15) is 4.79 Å². The molecule has 2 aromatic rings. The first-order chi connectivity index (χ1) is 8.22. The fourth-order valence-electron chi connectivity index (χ4n) is 1.36. The van der Waals surface area contributed by atoms with Gasteiger partial charge in [-0.15, -0.1) is 0 Å². The monoisotopic (exact) mass is 263 g/mol. The van der Waals surface area contributed by atoms with E-state index in [0.29, 0.717) is 22.0 Å². The van der Waals surface area contributed by atoms with Crippen LogP contribution in [0.15, 0.2) is 35.7 Å². The van der Waals surface area contributed by atoms with Crippen molar-refractivity contribution in [1.82, 2.24) is 9.97 Å². The summed E-state index contributed by atoms with van der Waals surface area (Å²) < 4.78 is 0. The minimum Gasteiger partial charge on any atom is -0.342 e. The lowest BCUT2D eigenvalue weighted by Gasteiger charge is -2.02. The number of carbonyl (C=O) groups excluding carboxylic acids is 1. The first-order valence-corrected chi connectivity index (χ1v) is 5.41. The van der Waals surface area contributed by atoms with Crippen LogP contribution >= 0.6 is 23.8 Å². The van der Waals surface area contributed by atoms with Crippen molar-refractivity contribution in [3.8, 4) is 0 Å². The van der Waals surface area contributed by atoms with Gasteiger partial charge in [-0.05, 0) is 30.4 Å². The second-order valence-electron chi connectivity index (χ2n) is 3.16. The molecule has 6 heteroatoms. The van der Waals surface area contributed by atoms with Gasteiger partial charge >= 0.3 is 0 Å². The summed E-state index contributed by atoms with van der Waals surface area (Å²) in [4.78, 5) is 22.5. The van der Waals surface area contributed by atoms with E-state index in [1.807, 2.05) is 0 Å². The third-order valence-electron chi connectivity index (χ3n) is 2.11. The highest BCUT2D eigenvalue weighted by Crippen LogP contribution is 2.25. The van der Waals surface area contributed by atoms with E-state index in [4.69, 9.17) is 11.6 Å². The summed E-state index contributed by atoms with van der Waals surface area (Å²) >= 11 is 10.4. The van der Waals surface area contributed by atoms with Gasteiger partial charge in [0.15, 0.2) is 0 Å². The molecule has 4 nitrogen and oxygen atoms in total. The highest BCUT2D eigenvalue weighted by molar-refractivity contribution is 7.78. The summed E-state index contributed by atoms with van der Waals surface area (Å²) in [6.45, 7) is 0. The number of benzene rings is 1. The lowest BCUT2D eigenvalue weighted by atomic mass is 10.1. The number of aliphatic imine (C=N–C) groups is 1. The first-order valence-electron chi connectivity index (χ1n) is 4.63. The first kappa shape index (κ1) is 11.7. The van der Waals surface area contributed by atoms with Crippen molar-refractivity contribution in [3.63, 3.8) is 0 Å². The van der Waals surface area contributed by atoms with Gasteiger partial charge in [0.05, 0.1) is 28.9 Å². The number of hydrogen-bond acceptors (Lipinski definition) is 4.